The maximum absolute atomic E-state index is 11.7. The van der Waals surface area contributed by atoms with Crippen LogP contribution in [-0.4, -0.2) is 62.7 Å². The Morgan fingerprint density at radius 3 is 2.88 bits per heavy atom. The molecule has 1 aliphatic heterocycles. The van der Waals surface area contributed by atoms with Crippen molar-refractivity contribution in [1.29, 1.82) is 0 Å². The summed E-state index contributed by atoms with van der Waals surface area (Å²) in [5.41, 5.74) is 0. The van der Waals surface area contributed by atoms with Crippen LogP contribution < -0.4 is 10.6 Å². The maximum atomic E-state index is 11.7. The molecule has 1 saturated heterocycles. The summed E-state index contributed by atoms with van der Waals surface area (Å²) >= 11 is 0. The normalized spacial score (nSPS) is 19.4. The topological polar surface area (TPSA) is 70.7 Å². The van der Waals surface area contributed by atoms with Gasteiger partial charge >= 0.3 is 0 Å². The number of amides is 2. The van der Waals surface area contributed by atoms with Crippen LogP contribution in [0.4, 0.5) is 0 Å². The lowest BCUT2D eigenvalue weighted by Gasteiger charge is -2.17. The first kappa shape index (κ1) is 13.9. The Morgan fingerprint density at radius 1 is 1.47 bits per heavy atom. The molecule has 17 heavy (non-hydrogen) atoms. The standard InChI is InChI=1S/C11H21N3O3/c1-9(15)13-10-3-5-14(8-10)11(16)7-12-4-6-17-2/h10,12H,3-8H2,1-2H3,(H,13,15). The molecule has 1 rings (SSSR count). The van der Waals surface area contributed by atoms with E-state index in [1.165, 1.54) is 6.92 Å². The summed E-state index contributed by atoms with van der Waals surface area (Å²) in [6, 6.07) is 0.107. The van der Waals surface area contributed by atoms with Gasteiger partial charge in [0.15, 0.2) is 0 Å². The highest BCUT2D eigenvalue weighted by atomic mass is 16.5. The molecular formula is C11H21N3O3. The number of nitrogens with zero attached hydrogens (tertiary/aromatic N) is 1. The minimum atomic E-state index is -0.0393. The van der Waals surface area contributed by atoms with Crippen LogP contribution in [0.2, 0.25) is 0 Å². The molecule has 1 heterocycles. The lowest BCUT2D eigenvalue weighted by atomic mass is 10.3. The highest BCUT2D eigenvalue weighted by molar-refractivity contribution is 5.79. The van der Waals surface area contributed by atoms with E-state index in [9.17, 15) is 9.59 Å². The van der Waals surface area contributed by atoms with Crippen molar-refractivity contribution >= 4 is 11.8 Å². The lowest BCUT2D eigenvalue weighted by molar-refractivity contribution is -0.129. The number of rotatable bonds is 6. The first-order chi connectivity index (χ1) is 8.13. The zero-order chi connectivity index (χ0) is 12.7. The molecule has 0 aromatic heterocycles. The molecule has 6 heteroatoms. The number of ether oxygens (including phenoxy) is 1. The molecule has 98 valence electrons. The Balaban J connectivity index is 2.18. The molecule has 0 bridgehead atoms. The Hall–Kier alpha value is -1.14. The highest BCUT2D eigenvalue weighted by Gasteiger charge is 2.25. The summed E-state index contributed by atoms with van der Waals surface area (Å²) < 4.78 is 4.88. The van der Waals surface area contributed by atoms with Crippen LogP contribution in [0.5, 0.6) is 0 Å². The smallest absolute Gasteiger partial charge is 0.236 e. The molecule has 0 spiro atoms. The van der Waals surface area contributed by atoms with Crippen LogP contribution in [0, 0.1) is 0 Å². The van der Waals surface area contributed by atoms with Gasteiger partial charge in [-0.3, -0.25) is 9.59 Å². The van der Waals surface area contributed by atoms with E-state index in [0.29, 0.717) is 26.2 Å². The Morgan fingerprint density at radius 2 is 2.24 bits per heavy atom. The van der Waals surface area contributed by atoms with Crippen molar-refractivity contribution in [1.82, 2.24) is 15.5 Å². The average Bonchev–Trinajstić information content (AvgIpc) is 2.71. The predicted molar refractivity (Wildman–Crippen MR) is 63.5 cm³/mol. The van der Waals surface area contributed by atoms with Gasteiger partial charge in [-0.15, -0.1) is 0 Å². The summed E-state index contributed by atoms with van der Waals surface area (Å²) in [5.74, 6) is 0.0384. The number of hydrogen-bond donors (Lipinski definition) is 2. The van der Waals surface area contributed by atoms with Gasteiger partial charge in [-0.2, -0.15) is 0 Å². The first-order valence-corrected chi connectivity index (χ1v) is 5.88. The Labute approximate surface area is 102 Å². The number of carbonyl (C=O) groups is 2. The van der Waals surface area contributed by atoms with Crippen molar-refractivity contribution < 1.29 is 14.3 Å². The summed E-state index contributed by atoms with van der Waals surface area (Å²) in [4.78, 5) is 24.4. The molecular weight excluding hydrogens is 222 g/mol. The van der Waals surface area contributed by atoms with Gasteiger partial charge in [-0.25, -0.2) is 0 Å². The van der Waals surface area contributed by atoms with Gasteiger partial charge in [0.1, 0.15) is 0 Å². The van der Waals surface area contributed by atoms with Crippen molar-refractivity contribution in [2.24, 2.45) is 0 Å². The zero-order valence-corrected chi connectivity index (χ0v) is 10.5. The number of methoxy groups -OCH3 is 1. The number of likely N-dealkylation sites (tertiary alicyclic amines) is 1. The van der Waals surface area contributed by atoms with E-state index in [1.54, 1.807) is 12.0 Å². The third kappa shape index (κ3) is 5.14. The Bertz CT molecular complexity index is 271. The third-order valence-electron chi connectivity index (χ3n) is 2.71. The minimum absolute atomic E-state index is 0.0393. The van der Waals surface area contributed by atoms with Gasteiger partial charge in [0.25, 0.3) is 0 Å². The number of carbonyl (C=O) groups excluding carboxylic acids is 2. The molecule has 1 fully saturated rings. The number of hydrogen-bond acceptors (Lipinski definition) is 4. The molecule has 2 amide bonds. The van der Waals surface area contributed by atoms with E-state index in [1.807, 2.05) is 0 Å². The van der Waals surface area contributed by atoms with Gasteiger partial charge in [-0.1, -0.05) is 0 Å². The predicted octanol–water partition coefficient (Wildman–Crippen LogP) is -1.04. The fraction of sp³-hybridized carbons (Fsp3) is 0.818. The van der Waals surface area contributed by atoms with Crippen LogP contribution in [0.3, 0.4) is 0 Å². The minimum Gasteiger partial charge on any atom is -0.383 e. The molecule has 1 unspecified atom stereocenters. The second kappa shape index (κ2) is 7.24. The van der Waals surface area contributed by atoms with Gasteiger partial charge in [-0.05, 0) is 6.42 Å². The second-order valence-electron chi connectivity index (χ2n) is 4.20. The summed E-state index contributed by atoms with van der Waals surface area (Å²) in [6.45, 7) is 4.43. The van der Waals surface area contributed by atoms with E-state index in [4.69, 9.17) is 4.74 Å². The van der Waals surface area contributed by atoms with Gasteiger partial charge < -0.3 is 20.3 Å². The molecule has 6 nitrogen and oxygen atoms in total. The van der Waals surface area contributed by atoms with Crippen molar-refractivity contribution in [3.63, 3.8) is 0 Å². The molecule has 0 aromatic rings. The first-order valence-electron chi connectivity index (χ1n) is 5.88. The highest BCUT2D eigenvalue weighted by Crippen LogP contribution is 2.08. The van der Waals surface area contributed by atoms with Gasteiger partial charge in [0.05, 0.1) is 13.2 Å². The van der Waals surface area contributed by atoms with E-state index in [-0.39, 0.29) is 17.9 Å². The SMILES string of the molecule is COCCNCC(=O)N1CCC(NC(C)=O)C1. The molecule has 0 aromatic carbocycles. The largest absolute Gasteiger partial charge is 0.383 e. The van der Waals surface area contributed by atoms with Crippen LogP contribution in [0.15, 0.2) is 0 Å². The van der Waals surface area contributed by atoms with E-state index in [0.717, 1.165) is 13.0 Å². The van der Waals surface area contributed by atoms with Crippen LogP contribution in [0.1, 0.15) is 13.3 Å². The molecule has 0 saturated carbocycles. The summed E-state index contributed by atoms with van der Waals surface area (Å²) in [6.07, 6.45) is 0.837. The van der Waals surface area contributed by atoms with Crippen molar-refractivity contribution in [2.45, 2.75) is 19.4 Å². The van der Waals surface area contributed by atoms with Crippen LogP contribution in [-0.2, 0) is 14.3 Å². The maximum Gasteiger partial charge on any atom is 0.236 e. The van der Waals surface area contributed by atoms with Crippen molar-refractivity contribution in [2.75, 3.05) is 39.9 Å². The molecule has 1 aliphatic rings. The number of nitrogens with one attached hydrogen (secondary N) is 2. The molecule has 1 atom stereocenters. The summed E-state index contributed by atoms with van der Waals surface area (Å²) in [5, 5.41) is 5.84. The van der Waals surface area contributed by atoms with Crippen molar-refractivity contribution in [3.8, 4) is 0 Å². The van der Waals surface area contributed by atoms with Gasteiger partial charge in [0, 0.05) is 39.7 Å². The fourth-order valence-electron chi connectivity index (χ4n) is 1.87. The van der Waals surface area contributed by atoms with Crippen molar-refractivity contribution in [3.05, 3.63) is 0 Å². The fourth-order valence-corrected chi connectivity index (χ4v) is 1.87. The molecule has 0 aliphatic carbocycles. The van der Waals surface area contributed by atoms with E-state index < -0.39 is 0 Å². The van der Waals surface area contributed by atoms with E-state index >= 15 is 0 Å². The third-order valence-corrected chi connectivity index (χ3v) is 2.71. The summed E-state index contributed by atoms with van der Waals surface area (Å²) in [7, 11) is 1.63. The molecule has 2 N–H and O–H groups in total. The zero-order valence-electron chi connectivity index (χ0n) is 10.5. The quantitative estimate of drug-likeness (QED) is 0.585. The van der Waals surface area contributed by atoms with Crippen LogP contribution >= 0.6 is 0 Å². The Kier molecular flexibility index (Phi) is 5.93. The average molecular weight is 243 g/mol. The second-order valence-corrected chi connectivity index (χ2v) is 4.20. The molecule has 0 radical (unpaired) electrons. The van der Waals surface area contributed by atoms with Crippen LogP contribution in [0.25, 0.3) is 0 Å². The lowest BCUT2D eigenvalue weighted by Crippen LogP contribution is -2.40. The monoisotopic (exact) mass is 243 g/mol. The van der Waals surface area contributed by atoms with E-state index in [2.05, 4.69) is 10.6 Å². The van der Waals surface area contributed by atoms with Gasteiger partial charge in [0.2, 0.25) is 11.8 Å².